The van der Waals surface area contributed by atoms with Crippen LogP contribution in [0.2, 0.25) is 0 Å². The number of carbonyl (C=O) groups is 2. The zero-order chi connectivity index (χ0) is 21.8. The number of hydrogen-bond acceptors (Lipinski definition) is 8. The Morgan fingerprint density at radius 3 is 2.83 bits per heavy atom. The fourth-order valence-electron chi connectivity index (χ4n) is 2.59. The predicted molar refractivity (Wildman–Crippen MR) is 116 cm³/mol. The predicted octanol–water partition coefficient (Wildman–Crippen LogP) is 3.15. The summed E-state index contributed by atoms with van der Waals surface area (Å²) < 4.78 is 5.36. The first kappa shape index (κ1) is 21.3. The standard InChI is InChI=1S/C19H15N3O6S2/c1-28-13-4-2-3-11(7-13)8-16-18(25)21(19(29)30-16)10-17(24)20-14-9-12(22(26)27)5-6-15(14)23/h2-9,23H,10H2,1H3,(H,20,24)/b16-8-. The second kappa shape index (κ2) is 8.93. The molecular weight excluding hydrogens is 430 g/mol. The molecule has 3 rings (SSSR count). The third-order valence-corrected chi connectivity index (χ3v) is 5.41. The molecule has 0 unspecified atom stereocenters. The van der Waals surface area contributed by atoms with E-state index < -0.39 is 23.3 Å². The topological polar surface area (TPSA) is 122 Å². The Labute approximate surface area is 180 Å². The molecule has 0 saturated carbocycles. The number of phenols is 1. The second-order valence-corrected chi connectivity index (χ2v) is 7.73. The summed E-state index contributed by atoms with van der Waals surface area (Å²) in [5.41, 5.74) is 0.308. The maximum atomic E-state index is 12.7. The first-order valence-electron chi connectivity index (χ1n) is 8.45. The number of hydrogen-bond donors (Lipinski definition) is 2. The molecule has 1 fully saturated rings. The highest BCUT2D eigenvalue weighted by Crippen LogP contribution is 2.33. The Morgan fingerprint density at radius 2 is 2.13 bits per heavy atom. The van der Waals surface area contributed by atoms with Crippen LogP contribution in [0.15, 0.2) is 47.4 Å². The molecule has 30 heavy (non-hydrogen) atoms. The van der Waals surface area contributed by atoms with E-state index in [4.69, 9.17) is 17.0 Å². The van der Waals surface area contributed by atoms with Crippen molar-refractivity contribution < 1.29 is 24.4 Å². The van der Waals surface area contributed by atoms with Crippen molar-refractivity contribution in [3.8, 4) is 11.5 Å². The van der Waals surface area contributed by atoms with Crippen molar-refractivity contribution >= 4 is 57.6 Å². The molecule has 1 aliphatic rings. The number of aromatic hydroxyl groups is 1. The summed E-state index contributed by atoms with van der Waals surface area (Å²) in [7, 11) is 1.54. The summed E-state index contributed by atoms with van der Waals surface area (Å²) in [6.07, 6.45) is 1.64. The lowest BCUT2D eigenvalue weighted by Crippen LogP contribution is -2.36. The third-order valence-electron chi connectivity index (χ3n) is 4.03. The Hall–Kier alpha value is -3.44. The van der Waals surface area contributed by atoms with Crippen molar-refractivity contribution in [1.29, 1.82) is 0 Å². The average Bonchev–Trinajstić information content (AvgIpc) is 2.97. The van der Waals surface area contributed by atoms with Gasteiger partial charge in [0.05, 0.1) is 22.6 Å². The lowest BCUT2D eigenvalue weighted by Gasteiger charge is -2.14. The van der Waals surface area contributed by atoms with Gasteiger partial charge in [-0.05, 0) is 29.8 Å². The van der Waals surface area contributed by atoms with Crippen LogP contribution < -0.4 is 10.1 Å². The van der Waals surface area contributed by atoms with Crippen LogP contribution in [-0.4, -0.2) is 44.7 Å². The number of nitro groups is 1. The summed E-state index contributed by atoms with van der Waals surface area (Å²) in [6, 6.07) is 10.3. The molecule has 0 spiro atoms. The fourth-order valence-corrected chi connectivity index (χ4v) is 3.85. The smallest absolute Gasteiger partial charge is 0.271 e. The lowest BCUT2D eigenvalue weighted by molar-refractivity contribution is -0.384. The van der Waals surface area contributed by atoms with E-state index >= 15 is 0 Å². The molecule has 2 N–H and O–H groups in total. The van der Waals surface area contributed by atoms with Crippen molar-refractivity contribution in [3.05, 3.63) is 63.0 Å². The SMILES string of the molecule is COc1cccc(/C=C2\SC(=S)N(CC(=O)Nc3cc([N+](=O)[O-])ccc3O)C2=O)c1. The number of anilines is 1. The number of thioether (sulfide) groups is 1. The van der Waals surface area contributed by atoms with Gasteiger partial charge in [-0.25, -0.2) is 0 Å². The molecular formula is C19H15N3O6S2. The number of nitrogens with zero attached hydrogens (tertiary/aromatic N) is 2. The van der Waals surface area contributed by atoms with E-state index in [-0.39, 0.29) is 21.4 Å². The van der Waals surface area contributed by atoms with Gasteiger partial charge in [0.15, 0.2) is 0 Å². The number of non-ortho nitro benzene ring substituents is 1. The zero-order valence-corrected chi connectivity index (χ0v) is 17.2. The van der Waals surface area contributed by atoms with Crippen molar-refractivity contribution in [3.63, 3.8) is 0 Å². The van der Waals surface area contributed by atoms with Crippen molar-refractivity contribution in [2.75, 3.05) is 19.0 Å². The zero-order valence-electron chi connectivity index (χ0n) is 15.5. The number of phenolic OH excluding ortho intramolecular Hbond substituents is 1. The second-order valence-electron chi connectivity index (χ2n) is 6.05. The van der Waals surface area contributed by atoms with Crippen LogP contribution in [0, 0.1) is 10.1 Å². The van der Waals surface area contributed by atoms with Crippen LogP contribution in [0.25, 0.3) is 6.08 Å². The molecule has 154 valence electrons. The van der Waals surface area contributed by atoms with Crippen LogP contribution in [0.3, 0.4) is 0 Å². The van der Waals surface area contributed by atoms with Crippen LogP contribution in [0.5, 0.6) is 11.5 Å². The average molecular weight is 445 g/mol. The highest BCUT2D eigenvalue weighted by molar-refractivity contribution is 8.26. The number of nitrogens with one attached hydrogen (secondary N) is 1. The molecule has 0 aromatic heterocycles. The van der Waals surface area contributed by atoms with E-state index in [0.717, 1.165) is 40.4 Å². The number of methoxy groups -OCH3 is 1. The number of ether oxygens (including phenoxy) is 1. The summed E-state index contributed by atoms with van der Waals surface area (Å²) >= 11 is 6.26. The number of carbonyl (C=O) groups excluding carboxylic acids is 2. The quantitative estimate of drug-likeness (QED) is 0.229. The fraction of sp³-hybridized carbons (Fsp3) is 0.105. The number of thiocarbonyl (C=S) groups is 1. The minimum absolute atomic E-state index is 0.133. The Bertz CT molecular complexity index is 1090. The maximum absolute atomic E-state index is 12.7. The van der Waals surface area contributed by atoms with Gasteiger partial charge >= 0.3 is 0 Å². The van der Waals surface area contributed by atoms with Gasteiger partial charge in [0, 0.05) is 12.1 Å². The summed E-state index contributed by atoms with van der Waals surface area (Å²) in [5, 5.41) is 23.0. The molecule has 11 heteroatoms. The highest BCUT2D eigenvalue weighted by atomic mass is 32.2. The van der Waals surface area contributed by atoms with Crippen LogP contribution >= 0.6 is 24.0 Å². The van der Waals surface area contributed by atoms with Crippen molar-refractivity contribution in [2.24, 2.45) is 0 Å². The Balaban J connectivity index is 1.72. The number of rotatable bonds is 6. The van der Waals surface area contributed by atoms with Gasteiger partial charge in [0.1, 0.15) is 22.4 Å². The minimum atomic E-state index is -0.662. The highest BCUT2D eigenvalue weighted by Gasteiger charge is 2.33. The third kappa shape index (κ3) is 4.75. The van der Waals surface area contributed by atoms with Crippen molar-refractivity contribution in [1.82, 2.24) is 4.90 Å². The largest absolute Gasteiger partial charge is 0.506 e. The van der Waals surface area contributed by atoms with Gasteiger partial charge in [-0.1, -0.05) is 36.1 Å². The van der Waals surface area contributed by atoms with E-state index in [0.29, 0.717) is 10.7 Å². The summed E-state index contributed by atoms with van der Waals surface area (Å²) in [6.45, 7) is -0.401. The van der Waals surface area contributed by atoms with Gasteiger partial charge in [-0.3, -0.25) is 24.6 Å². The van der Waals surface area contributed by atoms with E-state index in [9.17, 15) is 24.8 Å². The minimum Gasteiger partial charge on any atom is -0.506 e. The lowest BCUT2D eigenvalue weighted by atomic mass is 10.2. The summed E-state index contributed by atoms with van der Waals surface area (Å²) in [5.74, 6) is -0.802. The maximum Gasteiger partial charge on any atom is 0.271 e. The van der Waals surface area contributed by atoms with E-state index in [1.807, 2.05) is 0 Å². The first-order valence-corrected chi connectivity index (χ1v) is 9.67. The molecule has 2 aromatic rings. The molecule has 0 atom stereocenters. The number of benzene rings is 2. The number of amides is 2. The van der Waals surface area contributed by atoms with E-state index in [1.165, 1.54) is 7.11 Å². The van der Waals surface area contributed by atoms with Gasteiger partial charge in [-0.2, -0.15) is 0 Å². The van der Waals surface area contributed by atoms with Gasteiger partial charge < -0.3 is 15.2 Å². The van der Waals surface area contributed by atoms with Gasteiger partial charge in [0.25, 0.3) is 11.6 Å². The molecule has 1 aliphatic heterocycles. The molecule has 1 heterocycles. The molecule has 2 aromatic carbocycles. The Kier molecular flexibility index (Phi) is 6.33. The first-order chi connectivity index (χ1) is 14.3. The Morgan fingerprint density at radius 1 is 1.37 bits per heavy atom. The molecule has 9 nitrogen and oxygen atoms in total. The summed E-state index contributed by atoms with van der Waals surface area (Å²) in [4.78, 5) is 36.7. The van der Waals surface area contributed by atoms with E-state index in [2.05, 4.69) is 5.32 Å². The van der Waals surface area contributed by atoms with Gasteiger partial charge in [-0.15, -0.1) is 0 Å². The van der Waals surface area contributed by atoms with Gasteiger partial charge in [0.2, 0.25) is 5.91 Å². The molecule has 2 amide bonds. The van der Waals surface area contributed by atoms with E-state index in [1.54, 1.807) is 30.3 Å². The normalized spacial score (nSPS) is 14.8. The van der Waals surface area contributed by atoms with Crippen LogP contribution in [0.1, 0.15) is 5.56 Å². The molecule has 0 aliphatic carbocycles. The van der Waals surface area contributed by atoms with Crippen molar-refractivity contribution in [2.45, 2.75) is 0 Å². The molecule has 0 bridgehead atoms. The molecule has 1 saturated heterocycles. The van der Waals surface area contributed by atoms with Crippen LogP contribution in [0.4, 0.5) is 11.4 Å². The van der Waals surface area contributed by atoms with Crippen LogP contribution in [-0.2, 0) is 9.59 Å². The monoisotopic (exact) mass is 445 g/mol. The molecule has 0 radical (unpaired) electrons. The number of nitro benzene ring substituents is 1.